The van der Waals surface area contributed by atoms with Gasteiger partial charge in [0.15, 0.2) is 5.82 Å². The van der Waals surface area contributed by atoms with Crippen molar-refractivity contribution in [3.05, 3.63) is 39.3 Å². The number of fused-ring (bicyclic) bond motifs is 3. The minimum absolute atomic E-state index is 0.0337. The maximum atomic E-state index is 12.8. The average molecular weight is 372 g/mol. The summed E-state index contributed by atoms with van der Waals surface area (Å²) >= 11 is 1.64. The standard InChI is InChI=1S/C17H20N6O2S/c1-22-9-19-13(21-22)8-18-14(24)6-7-23-10-20-16-15(17(23)25)11-4-2-3-5-12(11)26-16/h9-10H,2-8H2,1H3,(H,18,24). The molecule has 8 nitrogen and oxygen atoms in total. The summed E-state index contributed by atoms with van der Waals surface area (Å²) in [6, 6.07) is 0. The number of aryl methyl sites for hydroxylation is 4. The van der Waals surface area contributed by atoms with Crippen LogP contribution in [0, 0.1) is 0 Å². The maximum absolute atomic E-state index is 12.8. The van der Waals surface area contributed by atoms with Gasteiger partial charge in [0.2, 0.25) is 5.91 Å². The van der Waals surface area contributed by atoms with E-state index in [-0.39, 0.29) is 24.4 Å². The van der Waals surface area contributed by atoms with Crippen molar-refractivity contribution in [1.82, 2.24) is 29.6 Å². The van der Waals surface area contributed by atoms with Crippen LogP contribution in [0.1, 0.15) is 35.5 Å². The Kier molecular flexibility index (Phi) is 4.54. The summed E-state index contributed by atoms with van der Waals surface area (Å²) in [5.41, 5.74) is 1.14. The molecule has 1 aliphatic carbocycles. The fraction of sp³-hybridized carbons (Fsp3) is 0.471. The summed E-state index contributed by atoms with van der Waals surface area (Å²) in [7, 11) is 1.77. The zero-order valence-corrected chi connectivity index (χ0v) is 15.4. The van der Waals surface area contributed by atoms with E-state index in [4.69, 9.17) is 0 Å². The third kappa shape index (κ3) is 3.26. The smallest absolute Gasteiger partial charge is 0.262 e. The molecule has 0 fully saturated rings. The van der Waals surface area contributed by atoms with Crippen LogP contribution in [-0.4, -0.2) is 30.2 Å². The number of nitrogens with one attached hydrogen (secondary N) is 1. The Balaban J connectivity index is 1.44. The van der Waals surface area contributed by atoms with Gasteiger partial charge < -0.3 is 5.32 Å². The van der Waals surface area contributed by atoms with Crippen LogP contribution >= 0.6 is 11.3 Å². The Hall–Kier alpha value is -2.55. The summed E-state index contributed by atoms with van der Waals surface area (Å²) < 4.78 is 3.13. The number of hydrogen-bond acceptors (Lipinski definition) is 6. The topological polar surface area (TPSA) is 94.7 Å². The lowest BCUT2D eigenvalue weighted by Gasteiger charge is -2.10. The van der Waals surface area contributed by atoms with Crippen LogP contribution in [0.25, 0.3) is 10.2 Å². The Labute approximate surface area is 153 Å². The molecule has 0 radical (unpaired) electrons. The first-order valence-electron chi connectivity index (χ1n) is 8.72. The van der Waals surface area contributed by atoms with Crippen LogP contribution in [0.5, 0.6) is 0 Å². The minimum atomic E-state index is -0.142. The van der Waals surface area contributed by atoms with E-state index in [0.717, 1.165) is 29.5 Å². The van der Waals surface area contributed by atoms with Gasteiger partial charge in [0.05, 0.1) is 18.3 Å². The monoisotopic (exact) mass is 372 g/mol. The van der Waals surface area contributed by atoms with Gasteiger partial charge in [-0.05, 0) is 31.2 Å². The zero-order valence-electron chi connectivity index (χ0n) is 14.6. The molecular formula is C17H20N6O2S. The molecule has 3 aromatic rings. The van der Waals surface area contributed by atoms with Crippen LogP contribution in [-0.2, 0) is 37.8 Å². The predicted octanol–water partition coefficient (Wildman–Crippen LogP) is 1.17. The number of aromatic nitrogens is 5. The third-order valence-corrected chi connectivity index (χ3v) is 5.81. The molecule has 0 saturated heterocycles. The van der Waals surface area contributed by atoms with Gasteiger partial charge in [-0.1, -0.05) is 0 Å². The molecule has 3 heterocycles. The lowest BCUT2D eigenvalue weighted by Crippen LogP contribution is -2.27. The van der Waals surface area contributed by atoms with Crippen molar-refractivity contribution in [2.45, 2.75) is 45.2 Å². The highest BCUT2D eigenvalue weighted by Crippen LogP contribution is 2.33. The first-order valence-corrected chi connectivity index (χ1v) is 9.54. The summed E-state index contributed by atoms with van der Waals surface area (Å²) in [5, 5.41) is 7.64. The van der Waals surface area contributed by atoms with E-state index in [1.807, 2.05) is 0 Å². The average Bonchev–Trinajstić information content (AvgIpc) is 3.22. The molecule has 1 aliphatic rings. The van der Waals surface area contributed by atoms with Gasteiger partial charge in [0.25, 0.3) is 5.56 Å². The van der Waals surface area contributed by atoms with Crippen LogP contribution in [0.3, 0.4) is 0 Å². The molecule has 0 aliphatic heterocycles. The highest BCUT2D eigenvalue weighted by molar-refractivity contribution is 7.18. The number of nitrogens with zero attached hydrogens (tertiary/aromatic N) is 5. The quantitative estimate of drug-likeness (QED) is 0.725. The second-order valence-corrected chi connectivity index (χ2v) is 7.58. The van der Waals surface area contributed by atoms with E-state index in [1.54, 1.807) is 40.3 Å². The molecule has 1 N–H and O–H groups in total. The van der Waals surface area contributed by atoms with E-state index in [9.17, 15) is 9.59 Å². The van der Waals surface area contributed by atoms with Crippen LogP contribution in [0.4, 0.5) is 0 Å². The molecule has 136 valence electrons. The molecule has 0 bridgehead atoms. The molecule has 1 amide bonds. The molecule has 0 aromatic carbocycles. The molecule has 26 heavy (non-hydrogen) atoms. The first kappa shape index (κ1) is 16.9. The Morgan fingerprint density at radius 3 is 2.92 bits per heavy atom. The molecule has 0 spiro atoms. The van der Waals surface area contributed by atoms with Crippen LogP contribution in [0.2, 0.25) is 0 Å². The number of carbonyl (C=O) groups excluding carboxylic acids is 1. The third-order valence-electron chi connectivity index (χ3n) is 4.61. The van der Waals surface area contributed by atoms with Gasteiger partial charge in [0, 0.05) is 24.9 Å². The molecule has 0 atom stereocenters. The van der Waals surface area contributed by atoms with Crippen LogP contribution in [0.15, 0.2) is 17.4 Å². The zero-order chi connectivity index (χ0) is 18.1. The van der Waals surface area contributed by atoms with E-state index in [0.29, 0.717) is 12.4 Å². The molecule has 0 saturated carbocycles. The minimum Gasteiger partial charge on any atom is -0.349 e. The second-order valence-electron chi connectivity index (χ2n) is 6.50. The van der Waals surface area contributed by atoms with Gasteiger partial charge in [-0.3, -0.25) is 18.8 Å². The Morgan fingerprint density at radius 1 is 1.27 bits per heavy atom. The van der Waals surface area contributed by atoms with Crippen molar-refractivity contribution < 1.29 is 4.79 Å². The number of thiophene rings is 1. The lowest BCUT2D eigenvalue weighted by atomic mass is 9.97. The van der Waals surface area contributed by atoms with Crippen molar-refractivity contribution in [3.8, 4) is 0 Å². The molecule has 9 heteroatoms. The van der Waals surface area contributed by atoms with Crippen molar-refractivity contribution >= 4 is 27.5 Å². The summed E-state index contributed by atoms with van der Waals surface area (Å²) in [4.78, 5) is 35.5. The maximum Gasteiger partial charge on any atom is 0.262 e. The highest BCUT2D eigenvalue weighted by Gasteiger charge is 2.20. The van der Waals surface area contributed by atoms with Gasteiger partial charge in [0.1, 0.15) is 11.2 Å². The first-order chi connectivity index (χ1) is 12.6. The summed E-state index contributed by atoms with van der Waals surface area (Å²) in [6.45, 7) is 0.595. The summed E-state index contributed by atoms with van der Waals surface area (Å²) in [5.74, 6) is 0.419. The Bertz CT molecular complexity index is 1020. The van der Waals surface area contributed by atoms with Crippen LogP contribution < -0.4 is 10.9 Å². The number of hydrogen-bond donors (Lipinski definition) is 1. The SMILES string of the molecule is Cn1cnc(CNC(=O)CCn2cnc3sc4c(c3c2=O)CCCC4)n1. The fourth-order valence-corrected chi connectivity index (χ4v) is 4.51. The highest BCUT2D eigenvalue weighted by atomic mass is 32.1. The van der Waals surface area contributed by atoms with E-state index in [2.05, 4.69) is 20.4 Å². The fourth-order valence-electron chi connectivity index (χ4n) is 3.29. The molecule has 3 aromatic heterocycles. The number of carbonyl (C=O) groups is 1. The van der Waals surface area contributed by atoms with E-state index >= 15 is 0 Å². The van der Waals surface area contributed by atoms with Crippen molar-refractivity contribution in [3.63, 3.8) is 0 Å². The van der Waals surface area contributed by atoms with E-state index < -0.39 is 0 Å². The lowest BCUT2D eigenvalue weighted by molar-refractivity contribution is -0.121. The molecule has 0 unspecified atom stereocenters. The Morgan fingerprint density at radius 2 is 2.12 bits per heavy atom. The van der Waals surface area contributed by atoms with Gasteiger partial charge in [-0.2, -0.15) is 5.10 Å². The van der Waals surface area contributed by atoms with Gasteiger partial charge in [-0.15, -0.1) is 11.3 Å². The van der Waals surface area contributed by atoms with Crippen molar-refractivity contribution in [2.24, 2.45) is 7.05 Å². The second kappa shape index (κ2) is 6.99. The van der Waals surface area contributed by atoms with Crippen molar-refractivity contribution in [2.75, 3.05) is 0 Å². The summed E-state index contributed by atoms with van der Waals surface area (Å²) in [6.07, 6.45) is 7.65. The largest absolute Gasteiger partial charge is 0.349 e. The van der Waals surface area contributed by atoms with E-state index in [1.165, 1.54) is 16.9 Å². The number of amides is 1. The molecular weight excluding hydrogens is 352 g/mol. The van der Waals surface area contributed by atoms with Gasteiger partial charge in [-0.25, -0.2) is 9.97 Å². The number of rotatable bonds is 5. The van der Waals surface area contributed by atoms with Crippen molar-refractivity contribution in [1.29, 1.82) is 0 Å². The predicted molar refractivity (Wildman–Crippen MR) is 98.0 cm³/mol. The normalized spacial score (nSPS) is 13.7. The molecule has 4 rings (SSSR count). The van der Waals surface area contributed by atoms with Gasteiger partial charge >= 0.3 is 0 Å².